The van der Waals surface area contributed by atoms with Gasteiger partial charge in [0.15, 0.2) is 0 Å². The molecule has 1 atom stereocenters. The number of nitrogens with zero attached hydrogens (tertiary/aromatic N) is 2. The number of nitrogens with one attached hydrogen (secondary N) is 1. The predicted molar refractivity (Wildman–Crippen MR) is 75.4 cm³/mol. The first-order valence-corrected chi connectivity index (χ1v) is 6.66. The Morgan fingerprint density at radius 2 is 2.33 bits per heavy atom. The average Bonchev–Trinajstić information content (AvgIpc) is 2.80. The van der Waals surface area contributed by atoms with Crippen LogP contribution in [-0.2, 0) is 0 Å². The second kappa shape index (κ2) is 5.35. The van der Waals surface area contributed by atoms with Gasteiger partial charge in [0.05, 0.1) is 8.49 Å². The summed E-state index contributed by atoms with van der Waals surface area (Å²) in [5.74, 6) is -0.413. The largest absolute Gasteiger partial charge is 0.364 e. The molecule has 0 amide bonds. The lowest BCUT2D eigenvalue weighted by atomic mass is 10.2. The van der Waals surface area contributed by atoms with Gasteiger partial charge in [-0.1, -0.05) is 0 Å². The van der Waals surface area contributed by atoms with Crippen molar-refractivity contribution in [1.82, 2.24) is 5.32 Å². The normalized spacial score (nSPS) is 19.3. The number of nitro groups is 1. The minimum atomic E-state index is -0.455. The minimum absolute atomic E-state index is 0.0300. The Kier molecular flexibility index (Phi) is 4.00. The number of likely N-dealkylation sites (N-methyl/N-ethyl adjacent to an activating group) is 1. The highest BCUT2D eigenvalue weighted by atomic mass is 127. The van der Waals surface area contributed by atoms with Crippen molar-refractivity contribution >= 4 is 34.0 Å². The molecule has 1 fully saturated rings. The van der Waals surface area contributed by atoms with Crippen LogP contribution in [-0.4, -0.2) is 31.1 Å². The van der Waals surface area contributed by atoms with E-state index in [1.54, 1.807) is 22.6 Å². The van der Waals surface area contributed by atoms with Gasteiger partial charge in [-0.05, 0) is 36.1 Å². The zero-order valence-corrected chi connectivity index (χ0v) is 12.0. The van der Waals surface area contributed by atoms with Crippen LogP contribution >= 0.6 is 22.6 Å². The van der Waals surface area contributed by atoms with E-state index in [-0.39, 0.29) is 9.26 Å². The van der Waals surface area contributed by atoms with Crippen LogP contribution in [0.25, 0.3) is 0 Å². The van der Waals surface area contributed by atoms with Gasteiger partial charge >= 0.3 is 0 Å². The third kappa shape index (κ3) is 2.56. The van der Waals surface area contributed by atoms with Crippen LogP contribution in [0.4, 0.5) is 15.8 Å². The van der Waals surface area contributed by atoms with Crippen LogP contribution in [0.1, 0.15) is 6.42 Å². The summed E-state index contributed by atoms with van der Waals surface area (Å²) in [6.45, 7) is 1.36. The van der Waals surface area contributed by atoms with E-state index < -0.39 is 10.7 Å². The molecule has 5 nitrogen and oxygen atoms in total. The Hall–Kier alpha value is -0.960. The van der Waals surface area contributed by atoms with Gasteiger partial charge in [0, 0.05) is 31.3 Å². The number of hydrogen-bond acceptors (Lipinski definition) is 4. The summed E-state index contributed by atoms with van der Waals surface area (Å²) in [5.41, 5.74) is 0.341. The topological polar surface area (TPSA) is 58.4 Å². The molecule has 0 aliphatic carbocycles. The van der Waals surface area contributed by atoms with Crippen molar-refractivity contribution in [2.75, 3.05) is 25.0 Å². The maximum atomic E-state index is 13.6. The van der Waals surface area contributed by atoms with Crippen LogP contribution in [0.15, 0.2) is 12.1 Å². The van der Waals surface area contributed by atoms with Gasteiger partial charge in [-0.15, -0.1) is 0 Å². The van der Waals surface area contributed by atoms with E-state index in [4.69, 9.17) is 0 Å². The Morgan fingerprint density at radius 3 is 2.89 bits per heavy atom. The van der Waals surface area contributed by atoms with Crippen molar-refractivity contribution < 1.29 is 9.31 Å². The van der Waals surface area contributed by atoms with E-state index in [2.05, 4.69) is 5.32 Å². The molecular weight excluding hydrogens is 352 g/mol. The van der Waals surface area contributed by atoms with Gasteiger partial charge in [0.2, 0.25) is 0 Å². The fourth-order valence-corrected chi connectivity index (χ4v) is 2.59. The molecule has 1 aliphatic heterocycles. The number of nitro benzene ring substituents is 1. The number of rotatable bonds is 3. The van der Waals surface area contributed by atoms with Crippen molar-refractivity contribution in [3.05, 3.63) is 31.6 Å². The van der Waals surface area contributed by atoms with Crippen LogP contribution in [0, 0.1) is 19.5 Å². The summed E-state index contributed by atoms with van der Waals surface area (Å²) in [7, 11) is 1.86. The summed E-state index contributed by atoms with van der Waals surface area (Å²) >= 11 is 1.76. The maximum absolute atomic E-state index is 13.6. The van der Waals surface area contributed by atoms with Crippen LogP contribution < -0.4 is 10.2 Å². The van der Waals surface area contributed by atoms with E-state index in [1.165, 1.54) is 12.1 Å². The van der Waals surface area contributed by atoms with E-state index in [1.807, 2.05) is 11.9 Å². The number of hydrogen-bond donors (Lipinski definition) is 1. The summed E-state index contributed by atoms with van der Waals surface area (Å²) in [5, 5.41) is 14.2. The lowest BCUT2D eigenvalue weighted by Crippen LogP contribution is -2.29. The van der Waals surface area contributed by atoms with E-state index in [0.29, 0.717) is 24.8 Å². The third-order valence-corrected chi connectivity index (χ3v) is 3.98. The second-order valence-corrected chi connectivity index (χ2v) is 5.39. The first kappa shape index (κ1) is 13.5. The Balaban J connectivity index is 2.37. The summed E-state index contributed by atoms with van der Waals surface area (Å²) in [6.07, 6.45) is 0.904. The highest BCUT2D eigenvalue weighted by Crippen LogP contribution is 2.33. The molecule has 18 heavy (non-hydrogen) atoms. The smallest absolute Gasteiger partial charge is 0.293 e. The molecule has 0 spiro atoms. The summed E-state index contributed by atoms with van der Waals surface area (Å²) < 4.78 is 13.9. The van der Waals surface area contributed by atoms with Gasteiger partial charge in [-0.2, -0.15) is 0 Å². The fourth-order valence-electron chi connectivity index (χ4n) is 2.14. The lowest BCUT2D eigenvalue weighted by Gasteiger charge is -2.18. The molecular formula is C11H13FIN3O2. The molecule has 2 rings (SSSR count). The standard InChI is InChI=1S/C11H13FIN3O2/c1-14-7-2-3-15(6-7)10-4-8(12)9(13)5-11(10)16(17)18/h4-5,7,14H,2-3,6H2,1H3. The molecule has 1 aromatic rings. The number of anilines is 1. The molecule has 1 aromatic carbocycles. The average molecular weight is 365 g/mol. The van der Waals surface area contributed by atoms with Gasteiger partial charge in [-0.25, -0.2) is 4.39 Å². The van der Waals surface area contributed by atoms with Gasteiger partial charge in [0.1, 0.15) is 11.5 Å². The molecule has 1 N–H and O–H groups in total. The van der Waals surface area contributed by atoms with Gasteiger partial charge < -0.3 is 10.2 Å². The Morgan fingerprint density at radius 1 is 1.61 bits per heavy atom. The van der Waals surface area contributed by atoms with E-state index in [0.717, 1.165) is 6.42 Å². The highest BCUT2D eigenvalue weighted by Gasteiger charge is 2.28. The molecule has 0 aromatic heterocycles. The Labute approximate surface area is 118 Å². The fraction of sp³-hybridized carbons (Fsp3) is 0.455. The first-order valence-electron chi connectivity index (χ1n) is 5.58. The van der Waals surface area contributed by atoms with Gasteiger partial charge in [0.25, 0.3) is 5.69 Å². The second-order valence-electron chi connectivity index (χ2n) is 4.23. The zero-order valence-electron chi connectivity index (χ0n) is 9.82. The monoisotopic (exact) mass is 365 g/mol. The molecule has 0 saturated carbocycles. The van der Waals surface area contributed by atoms with E-state index in [9.17, 15) is 14.5 Å². The predicted octanol–water partition coefficient (Wildman–Crippen LogP) is 2.14. The third-order valence-electron chi connectivity index (χ3n) is 3.15. The lowest BCUT2D eigenvalue weighted by molar-refractivity contribution is -0.384. The SMILES string of the molecule is CNC1CCN(c2cc(F)c(I)cc2[N+](=O)[O-])C1. The van der Waals surface area contributed by atoms with Crippen molar-refractivity contribution in [3.63, 3.8) is 0 Å². The molecule has 0 radical (unpaired) electrons. The van der Waals surface area contributed by atoms with E-state index >= 15 is 0 Å². The molecule has 7 heteroatoms. The maximum Gasteiger partial charge on any atom is 0.293 e. The van der Waals surface area contributed by atoms with Gasteiger partial charge in [-0.3, -0.25) is 10.1 Å². The highest BCUT2D eigenvalue weighted by molar-refractivity contribution is 14.1. The molecule has 1 heterocycles. The molecule has 0 bridgehead atoms. The molecule has 1 aliphatic rings. The van der Waals surface area contributed by atoms with Crippen molar-refractivity contribution in [2.45, 2.75) is 12.5 Å². The Bertz CT molecular complexity index is 484. The minimum Gasteiger partial charge on any atom is -0.364 e. The number of benzene rings is 1. The quantitative estimate of drug-likeness (QED) is 0.507. The van der Waals surface area contributed by atoms with Crippen LogP contribution in [0.3, 0.4) is 0 Å². The number of halogens is 2. The molecule has 1 unspecified atom stereocenters. The zero-order chi connectivity index (χ0) is 13.3. The summed E-state index contributed by atoms with van der Waals surface area (Å²) in [6, 6.07) is 2.85. The van der Waals surface area contributed by atoms with Crippen LogP contribution in [0.5, 0.6) is 0 Å². The van der Waals surface area contributed by atoms with Crippen molar-refractivity contribution in [3.8, 4) is 0 Å². The molecule has 1 saturated heterocycles. The van der Waals surface area contributed by atoms with Crippen molar-refractivity contribution in [1.29, 1.82) is 0 Å². The first-order chi connectivity index (χ1) is 8.52. The summed E-state index contributed by atoms with van der Waals surface area (Å²) in [4.78, 5) is 12.4. The van der Waals surface area contributed by atoms with Crippen LogP contribution in [0.2, 0.25) is 0 Å². The van der Waals surface area contributed by atoms with Crippen molar-refractivity contribution in [2.24, 2.45) is 0 Å². The molecule has 98 valence electrons.